The van der Waals surface area contributed by atoms with Crippen LogP contribution in [-0.2, 0) is 16.6 Å². The number of anilines is 1. The van der Waals surface area contributed by atoms with E-state index in [1.54, 1.807) is 23.8 Å². The molecule has 0 unspecified atom stereocenters. The van der Waals surface area contributed by atoms with Gasteiger partial charge in [0.15, 0.2) is 5.16 Å². The van der Waals surface area contributed by atoms with Gasteiger partial charge in [-0.25, -0.2) is 4.98 Å². The van der Waals surface area contributed by atoms with Gasteiger partial charge in [-0.2, -0.15) is 0 Å². The monoisotopic (exact) mass is 571 g/mol. The lowest BCUT2D eigenvalue weighted by Crippen LogP contribution is -2.43. The Labute approximate surface area is 242 Å². The van der Waals surface area contributed by atoms with E-state index in [0.29, 0.717) is 27.3 Å². The first-order valence-corrected chi connectivity index (χ1v) is 14.9. The lowest BCUT2D eigenvalue weighted by molar-refractivity contribution is -0.113. The van der Waals surface area contributed by atoms with Gasteiger partial charge >= 0.3 is 0 Å². The highest BCUT2D eigenvalue weighted by Gasteiger charge is 2.43. The number of methoxy groups -OCH3 is 1. The molecule has 3 aromatic carbocycles. The maximum absolute atomic E-state index is 14.7. The number of fused-ring (bicyclic) bond motifs is 4. The van der Waals surface area contributed by atoms with Gasteiger partial charge in [-0.3, -0.25) is 14.2 Å². The van der Waals surface area contributed by atoms with E-state index < -0.39 is 0 Å². The van der Waals surface area contributed by atoms with Crippen molar-refractivity contribution in [1.29, 1.82) is 0 Å². The van der Waals surface area contributed by atoms with Crippen molar-refractivity contribution in [3.63, 3.8) is 0 Å². The second-order valence-corrected chi connectivity index (χ2v) is 11.8. The average Bonchev–Trinajstić information content (AvgIpc) is 2.97. The van der Waals surface area contributed by atoms with Crippen LogP contribution < -0.4 is 15.6 Å². The van der Waals surface area contributed by atoms with Crippen LogP contribution in [0.15, 0.2) is 82.7 Å². The Bertz CT molecular complexity index is 1640. The molecule has 6 rings (SSSR count). The fourth-order valence-corrected chi connectivity index (χ4v) is 7.17. The molecule has 2 aliphatic rings. The number of para-hydroxylation sites is 3. The van der Waals surface area contributed by atoms with Crippen molar-refractivity contribution in [2.45, 2.75) is 49.1 Å². The maximum Gasteiger partial charge on any atom is 0.263 e. The lowest BCUT2D eigenvalue weighted by atomic mass is 9.62. The molecular weight excluding hydrogens is 542 g/mol. The summed E-state index contributed by atoms with van der Waals surface area (Å²) >= 11 is 7.48. The molecule has 8 heteroatoms. The van der Waals surface area contributed by atoms with Crippen LogP contribution in [-0.4, -0.2) is 28.3 Å². The Hall–Kier alpha value is -3.55. The fourth-order valence-electron chi connectivity index (χ4n) is 6.19. The number of amides is 1. The minimum absolute atomic E-state index is 0.0540. The number of nitrogens with zero attached hydrogens (tertiary/aromatic N) is 2. The molecule has 204 valence electrons. The second-order valence-electron chi connectivity index (χ2n) is 10.4. The number of carbonyl (C=O) groups excluding carboxylic acids is 1. The van der Waals surface area contributed by atoms with Gasteiger partial charge in [-0.15, -0.1) is 0 Å². The molecule has 0 radical (unpaired) electrons. The van der Waals surface area contributed by atoms with Crippen LogP contribution in [0.2, 0.25) is 5.02 Å². The molecule has 2 aliphatic carbocycles. The number of halogens is 1. The number of hydrogen-bond donors (Lipinski definition) is 1. The number of hydrogen-bond acceptors (Lipinski definition) is 5. The predicted molar refractivity (Wildman–Crippen MR) is 161 cm³/mol. The van der Waals surface area contributed by atoms with Crippen LogP contribution >= 0.6 is 23.4 Å². The first-order valence-electron chi connectivity index (χ1n) is 13.6. The van der Waals surface area contributed by atoms with Gasteiger partial charge in [0.2, 0.25) is 5.91 Å². The molecule has 1 aromatic heterocycles. The summed E-state index contributed by atoms with van der Waals surface area (Å²) < 4.78 is 7.32. The van der Waals surface area contributed by atoms with Crippen molar-refractivity contribution >= 4 is 35.0 Å². The van der Waals surface area contributed by atoms with Crippen molar-refractivity contribution in [3.8, 4) is 22.7 Å². The smallest absolute Gasteiger partial charge is 0.263 e. The van der Waals surface area contributed by atoms with Gasteiger partial charge in [0.1, 0.15) is 5.75 Å². The van der Waals surface area contributed by atoms with Gasteiger partial charge in [0.05, 0.1) is 40.5 Å². The first-order chi connectivity index (χ1) is 19.5. The molecule has 1 N–H and O–H groups in total. The molecular formula is C32H30ClN3O3S. The normalized spacial score (nSPS) is 15.2. The molecule has 1 heterocycles. The predicted octanol–water partition coefficient (Wildman–Crippen LogP) is 7.05. The van der Waals surface area contributed by atoms with Crippen LogP contribution in [0.5, 0.6) is 5.75 Å². The first kappa shape index (κ1) is 26.7. The van der Waals surface area contributed by atoms with Gasteiger partial charge in [-0.05, 0) is 49.1 Å². The van der Waals surface area contributed by atoms with E-state index in [9.17, 15) is 9.59 Å². The molecule has 0 saturated heterocycles. The van der Waals surface area contributed by atoms with E-state index in [4.69, 9.17) is 21.3 Å². The zero-order chi connectivity index (χ0) is 27.7. The third kappa shape index (κ3) is 4.82. The Balaban J connectivity index is 1.50. The summed E-state index contributed by atoms with van der Waals surface area (Å²) in [6, 6.07) is 22.9. The third-order valence-electron chi connectivity index (χ3n) is 8.00. The van der Waals surface area contributed by atoms with Gasteiger partial charge in [0.25, 0.3) is 5.56 Å². The molecule has 6 nitrogen and oxygen atoms in total. The second kappa shape index (κ2) is 11.1. The number of ether oxygens (including phenoxy) is 1. The Morgan fingerprint density at radius 3 is 2.55 bits per heavy atom. The van der Waals surface area contributed by atoms with E-state index in [1.807, 2.05) is 42.5 Å². The summed E-state index contributed by atoms with van der Waals surface area (Å²) in [5, 5.41) is 3.78. The molecule has 1 spiro atoms. The highest BCUT2D eigenvalue weighted by Crippen LogP contribution is 2.49. The Kier molecular flexibility index (Phi) is 7.43. The van der Waals surface area contributed by atoms with Crippen molar-refractivity contribution in [2.75, 3.05) is 18.2 Å². The van der Waals surface area contributed by atoms with Crippen molar-refractivity contribution < 1.29 is 9.53 Å². The quantitative estimate of drug-likeness (QED) is 0.198. The number of carbonyl (C=O) groups is 1. The summed E-state index contributed by atoms with van der Waals surface area (Å²) in [6.45, 7) is 0. The van der Waals surface area contributed by atoms with E-state index in [1.165, 1.54) is 23.7 Å². The standard InChI is InChI=1S/C32H30ClN3O3S/c1-39-26-16-8-7-15-25(26)36-30(38)28-29(22-12-4-3-11-21(22)19-32(28)17-9-2-10-18-32)35-31(36)40-20-27(37)34-24-14-6-5-13-23(24)33/h3-8,11-16H,2,9-10,17-20H2,1H3,(H,34,37). The number of benzene rings is 3. The minimum atomic E-state index is -0.250. The van der Waals surface area contributed by atoms with Crippen LogP contribution in [0.4, 0.5) is 5.69 Å². The van der Waals surface area contributed by atoms with Gasteiger partial charge < -0.3 is 10.1 Å². The summed E-state index contributed by atoms with van der Waals surface area (Å²) in [5.41, 5.74) is 4.59. The molecule has 1 saturated carbocycles. The zero-order valence-electron chi connectivity index (χ0n) is 22.3. The maximum atomic E-state index is 14.7. The van der Waals surface area contributed by atoms with Gasteiger partial charge in [0, 0.05) is 11.0 Å². The van der Waals surface area contributed by atoms with Crippen molar-refractivity contribution in [1.82, 2.24) is 9.55 Å². The summed E-state index contributed by atoms with van der Waals surface area (Å²) in [6.07, 6.45) is 6.13. The largest absolute Gasteiger partial charge is 0.495 e. The SMILES string of the molecule is COc1ccccc1-n1c(SCC(=O)Nc2ccccc2Cl)nc2c(c1=O)C1(CCCCC1)Cc1ccccc1-2. The topological polar surface area (TPSA) is 73.2 Å². The average molecular weight is 572 g/mol. The van der Waals surface area contributed by atoms with E-state index in [-0.39, 0.29) is 22.6 Å². The summed E-state index contributed by atoms with van der Waals surface area (Å²) in [7, 11) is 1.60. The molecule has 1 amide bonds. The number of nitrogens with one attached hydrogen (secondary N) is 1. The Morgan fingerprint density at radius 2 is 1.75 bits per heavy atom. The highest BCUT2D eigenvalue weighted by atomic mass is 35.5. The minimum Gasteiger partial charge on any atom is -0.495 e. The van der Waals surface area contributed by atoms with E-state index in [2.05, 4.69) is 23.5 Å². The van der Waals surface area contributed by atoms with Gasteiger partial charge in [-0.1, -0.05) is 91.2 Å². The van der Waals surface area contributed by atoms with Crippen LogP contribution in [0.25, 0.3) is 16.9 Å². The number of aromatic nitrogens is 2. The summed E-state index contributed by atoms with van der Waals surface area (Å²) in [5.74, 6) is 0.390. The molecule has 40 heavy (non-hydrogen) atoms. The fraction of sp³-hybridized carbons (Fsp3) is 0.281. The molecule has 1 fully saturated rings. The van der Waals surface area contributed by atoms with E-state index >= 15 is 0 Å². The lowest BCUT2D eigenvalue weighted by Gasteiger charge is -2.42. The van der Waals surface area contributed by atoms with Crippen LogP contribution in [0.1, 0.15) is 43.2 Å². The zero-order valence-corrected chi connectivity index (χ0v) is 23.9. The highest BCUT2D eigenvalue weighted by molar-refractivity contribution is 7.99. The molecule has 0 atom stereocenters. The van der Waals surface area contributed by atoms with Crippen molar-refractivity contribution in [3.05, 3.63) is 99.3 Å². The Morgan fingerprint density at radius 1 is 1.02 bits per heavy atom. The molecule has 4 aromatic rings. The molecule has 0 bridgehead atoms. The van der Waals surface area contributed by atoms with Crippen LogP contribution in [0.3, 0.4) is 0 Å². The van der Waals surface area contributed by atoms with Crippen LogP contribution in [0, 0.1) is 0 Å². The van der Waals surface area contributed by atoms with E-state index in [0.717, 1.165) is 48.9 Å². The molecule has 0 aliphatic heterocycles. The number of thioether (sulfide) groups is 1. The van der Waals surface area contributed by atoms with Crippen molar-refractivity contribution in [2.24, 2.45) is 0 Å². The summed E-state index contributed by atoms with van der Waals surface area (Å²) in [4.78, 5) is 32.9. The third-order valence-corrected chi connectivity index (χ3v) is 9.27. The number of rotatable bonds is 6.